The lowest BCUT2D eigenvalue weighted by Gasteiger charge is -2.12. The van der Waals surface area contributed by atoms with Gasteiger partial charge in [0.15, 0.2) is 5.69 Å². The van der Waals surface area contributed by atoms with Crippen molar-refractivity contribution in [2.45, 2.75) is 13.5 Å². The first-order valence-electron chi connectivity index (χ1n) is 8.25. The molecule has 0 atom stereocenters. The minimum Gasteiger partial charge on any atom is -0.497 e. The number of pyridine rings is 1. The number of carbonyl (C=O) groups excluding carboxylic acids is 1. The first-order chi connectivity index (χ1) is 12.7. The maximum atomic E-state index is 12.0. The molecule has 0 aliphatic rings. The van der Waals surface area contributed by atoms with Crippen LogP contribution in [0.5, 0.6) is 11.5 Å². The summed E-state index contributed by atoms with van der Waals surface area (Å²) in [5.74, 6) is 1.09. The van der Waals surface area contributed by atoms with Crippen LogP contribution in [0.3, 0.4) is 0 Å². The van der Waals surface area contributed by atoms with Crippen LogP contribution in [-0.4, -0.2) is 36.2 Å². The van der Waals surface area contributed by atoms with Gasteiger partial charge >= 0.3 is 5.97 Å². The lowest BCUT2D eigenvalue weighted by Crippen LogP contribution is -2.08. The van der Waals surface area contributed by atoms with Crippen molar-refractivity contribution in [1.29, 1.82) is 0 Å². The van der Waals surface area contributed by atoms with Gasteiger partial charge in [0, 0.05) is 24.4 Å². The Balaban J connectivity index is 1.81. The van der Waals surface area contributed by atoms with Crippen molar-refractivity contribution in [2.75, 3.05) is 26.1 Å². The number of hydrogen-bond acceptors (Lipinski definition) is 6. The number of benzene rings is 1. The van der Waals surface area contributed by atoms with Crippen LogP contribution in [-0.2, 0) is 11.3 Å². The number of esters is 1. The maximum Gasteiger partial charge on any atom is 0.356 e. The molecule has 0 amide bonds. The Bertz CT molecular complexity index is 920. The molecular formula is C19H21N3O4. The fourth-order valence-electron chi connectivity index (χ4n) is 2.64. The van der Waals surface area contributed by atoms with E-state index in [0.29, 0.717) is 24.5 Å². The van der Waals surface area contributed by atoms with Gasteiger partial charge in [-0.15, -0.1) is 0 Å². The summed E-state index contributed by atoms with van der Waals surface area (Å²) in [5, 5.41) is 3.33. The standard InChI is InChI=1S/C19H21N3O4/c1-4-26-19(23)16-11-21-18-8-6-14(12-22(16)18)20-10-13-5-7-15(24-2)9-17(13)25-3/h5-9,11-12,20H,4,10H2,1-3H3. The van der Waals surface area contributed by atoms with Gasteiger partial charge in [-0.3, -0.25) is 4.40 Å². The van der Waals surface area contributed by atoms with Crippen LogP contribution in [0.15, 0.2) is 42.7 Å². The van der Waals surface area contributed by atoms with Crippen LogP contribution in [0.1, 0.15) is 23.0 Å². The minimum atomic E-state index is -0.394. The van der Waals surface area contributed by atoms with Crippen LogP contribution in [0.25, 0.3) is 5.65 Å². The molecule has 7 heteroatoms. The molecule has 0 saturated heterocycles. The Morgan fingerprint density at radius 2 is 2.04 bits per heavy atom. The number of nitrogens with one attached hydrogen (secondary N) is 1. The Hall–Kier alpha value is -3.22. The van der Waals surface area contributed by atoms with Crippen molar-refractivity contribution in [3.05, 3.63) is 54.0 Å². The van der Waals surface area contributed by atoms with Gasteiger partial charge in [0.25, 0.3) is 0 Å². The van der Waals surface area contributed by atoms with E-state index >= 15 is 0 Å². The van der Waals surface area contributed by atoms with Gasteiger partial charge < -0.3 is 19.5 Å². The number of rotatable bonds is 7. The molecule has 7 nitrogen and oxygen atoms in total. The molecule has 0 saturated carbocycles. The third-order valence-corrected chi connectivity index (χ3v) is 3.97. The highest BCUT2D eigenvalue weighted by Gasteiger charge is 2.13. The molecule has 2 heterocycles. The number of methoxy groups -OCH3 is 2. The Morgan fingerprint density at radius 1 is 1.19 bits per heavy atom. The summed E-state index contributed by atoms with van der Waals surface area (Å²) in [6.45, 7) is 2.65. The number of ether oxygens (including phenoxy) is 3. The summed E-state index contributed by atoms with van der Waals surface area (Å²) in [6, 6.07) is 9.43. The highest BCUT2D eigenvalue weighted by Crippen LogP contribution is 2.25. The van der Waals surface area contributed by atoms with E-state index in [1.807, 2.05) is 36.5 Å². The van der Waals surface area contributed by atoms with E-state index in [-0.39, 0.29) is 0 Å². The average molecular weight is 355 g/mol. The first kappa shape index (κ1) is 17.6. The molecule has 0 aliphatic carbocycles. The smallest absolute Gasteiger partial charge is 0.356 e. The first-order valence-corrected chi connectivity index (χ1v) is 8.25. The van der Waals surface area contributed by atoms with Crippen molar-refractivity contribution in [3.8, 4) is 11.5 Å². The molecule has 136 valence electrons. The number of hydrogen-bond donors (Lipinski definition) is 1. The van der Waals surface area contributed by atoms with E-state index in [9.17, 15) is 4.79 Å². The second-order valence-corrected chi connectivity index (χ2v) is 5.54. The summed E-state index contributed by atoms with van der Waals surface area (Å²) in [7, 11) is 3.25. The van der Waals surface area contributed by atoms with Gasteiger partial charge in [-0.1, -0.05) is 0 Å². The van der Waals surface area contributed by atoms with Gasteiger partial charge in [0.05, 0.1) is 32.7 Å². The largest absolute Gasteiger partial charge is 0.497 e. The molecule has 2 aromatic heterocycles. The Kier molecular flexibility index (Phi) is 5.26. The predicted octanol–water partition coefficient (Wildman–Crippen LogP) is 3.14. The zero-order valence-electron chi connectivity index (χ0n) is 15.0. The van der Waals surface area contributed by atoms with Gasteiger partial charge in [-0.05, 0) is 31.2 Å². The second-order valence-electron chi connectivity index (χ2n) is 5.54. The topological polar surface area (TPSA) is 74.1 Å². The summed E-state index contributed by atoms with van der Waals surface area (Å²) in [5.41, 5.74) is 2.91. The molecule has 26 heavy (non-hydrogen) atoms. The molecule has 3 rings (SSSR count). The number of aromatic nitrogens is 2. The summed E-state index contributed by atoms with van der Waals surface area (Å²) in [4.78, 5) is 16.3. The van der Waals surface area contributed by atoms with E-state index in [4.69, 9.17) is 14.2 Å². The van der Waals surface area contributed by atoms with Crippen molar-refractivity contribution >= 4 is 17.3 Å². The number of fused-ring (bicyclic) bond motifs is 1. The van der Waals surface area contributed by atoms with Gasteiger partial charge in [0.2, 0.25) is 0 Å². The summed E-state index contributed by atoms with van der Waals surface area (Å²) < 4.78 is 17.4. The monoisotopic (exact) mass is 355 g/mol. The van der Waals surface area contributed by atoms with Crippen molar-refractivity contribution < 1.29 is 19.0 Å². The highest BCUT2D eigenvalue weighted by atomic mass is 16.5. The minimum absolute atomic E-state index is 0.321. The van der Waals surface area contributed by atoms with Crippen LogP contribution >= 0.6 is 0 Å². The van der Waals surface area contributed by atoms with Crippen LogP contribution in [0.2, 0.25) is 0 Å². The summed E-state index contributed by atoms with van der Waals surface area (Å²) in [6.07, 6.45) is 3.34. The fraction of sp³-hybridized carbons (Fsp3) is 0.263. The molecule has 0 fully saturated rings. The molecule has 1 aromatic carbocycles. The molecule has 0 radical (unpaired) electrons. The van der Waals surface area contributed by atoms with Crippen molar-refractivity contribution in [2.24, 2.45) is 0 Å². The third kappa shape index (κ3) is 3.56. The summed E-state index contributed by atoms with van der Waals surface area (Å²) >= 11 is 0. The van der Waals surface area contributed by atoms with Gasteiger partial charge in [-0.2, -0.15) is 0 Å². The Morgan fingerprint density at radius 3 is 2.77 bits per heavy atom. The van der Waals surface area contributed by atoms with Crippen LogP contribution in [0.4, 0.5) is 5.69 Å². The number of carbonyl (C=O) groups is 1. The van der Waals surface area contributed by atoms with Crippen LogP contribution < -0.4 is 14.8 Å². The number of anilines is 1. The van der Waals surface area contributed by atoms with E-state index in [1.54, 1.807) is 25.5 Å². The zero-order chi connectivity index (χ0) is 18.5. The molecule has 1 N–H and O–H groups in total. The Labute approximate surface area is 151 Å². The zero-order valence-corrected chi connectivity index (χ0v) is 15.0. The number of imidazole rings is 1. The molecule has 0 spiro atoms. The normalized spacial score (nSPS) is 10.6. The van der Waals surface area contributed by atoms with E-state index in [0.717, 1.165) is 22.7 Å². The lowest BCUT2D eigenvalue weighted by atomic mass is 10.2. The highest BCUT2D eigenvalue weighted by molar-refractivity contribution is 5.88. The fourth-order valence-corrected chi connectivity index (χ4v) is 2.64. The SMILES string of the molecule is CCOC(=O)c1cnc2ccc(NCc3ccc(OC)cc3OC)cn12. The number of nitrogens with zero attached hydrogens (tertiary/aromatic N) is 2. The lowest BCUT2D eigenvalue weighted by molar-refractivity contribution is 0.0518. The molecule has 0 aliphatic heterocycles. The van der Waals surface area contributed by atoms with Crippen molar-refractivity contribution in [3.63, 3.8) is 0 Å². The molecule has 0 bridgehead atoms. The van der Waals surface area contributed by atoms with E-state index < -0.39 is 5.97 Å². The molecule has 3 aromatic rings. The van der Waals surface area contributed by atoms with Crippen LogP contribution in [0, 0.1) is 0 Å². The van der Waals surface area contributed by atoms with Crippen molar-refractivity contribution in [1.82, 2.24) is 9.38 Å². The molecular weight excluding hydrogens is 334 g/mol. The van der Waals surface area contributed by atoms with E-state index in [2.05, 4.69) is 10.3 Å². The average Bonchev–Trinajstić information content (AvgIpc) is 3.09. The quantitative estimate of drug-likeness (QED) is 0.657. The molecule has 0 unspecified atom stereocenters. The maximum absolute atomic E-state index is 12.0. The predicted molar refractivity (Wildman–Crippen MR) is 98.0 cm³/mol. The van der Waals surface area contributed by atoms with Gasteiger partial charge in [0.1, 0.15) is 17.1 Å². The third-order valence-electron chi connectivity index (χ3n) is 3.97. The van der Waals surface area contributed by atoms with E-state index in [1.165, 1.54) is 6.20 Å². The second kappa shape index (κ2) is 7.77. The van der Waals surface area contributed by atoms with Gasteiger partial charge in [-0.25, -0.2) is 9.78 Å².